The van der Waals surface area contributed by atoms with Gasteiger partial charge in [0.05, 0.1) is 0 Å². The molecule has 3 heteroatoms. The third-order valence-corrected chi connectivity index (χ3v) is 5.07. The van der Waals surface area contributed by atoms with Gasteiger partial charge in [0.1, 0.15) is 0 Å². The van der Waals surface area contributed by atoms with Gasteiger partial charge in [0, 0.05) is 24.2 Å². The van der Waals surface area contributed by atoms with Crippen molar-refractivity contribution in [2.75, 3.05) is 11.4 Å². The lowest BCUT2D eigenvalue weighted by Crippen LogP contribution is -2.34. The number of nitrogens with two attached hydrogens (primary N) is 1. The molecule has 0 fully saturated rings. The molecule has 0 aliphatic carbocycles. The van der Waals surface area contributed by atoms with Gasteiger partial charge in [-0.05, 0) is 49.3 Å². The van der Waals surface area contributed by atoms with E-state index in [2.05, 4.69) is 39.0 Å². The summed E-state index contributed by atoms with van der Waals surface area (Å²) in [7, 11) is 0. The maximum atomic E-state index is 12.7. The molecule has 3 nitrogen and oxygen atoms in total. The maximum Gasteiger partial charge on any atom is 0.230 e. The summed E-state index contributed by atoms with van der Waals surface area (Å²) in [4.78, 5) is 14.7. The molecule has 1 aromatic rings. The molecule has 128 valence electrons. The summed E-state index contributed by atoms with van der Waals surface area (Å²) in [5.74, 6) is 0.448. The van der Waals surface area contributed by atoms with Gasteiger partial charge in [-0.1, -0.05) is 45.7 Å². The summed E-state index contributed by atoms with van der Waals surface area (Å²) in [5.41, 5.74) is 9.96. The Hall–Kier alpha value is -1.35. The molecule has 1 amide bonds. The van der Waals surface area contributed by atoms with Crippen LogP contribution in [0.3, 0.4) is 0 Å². The highest BCUT2D eigenvalue weighted by molar-refractivity contribution is 5.97. The third-order valence-electron chi connectivity index (χ3n) is 5.07. The van der Waals surface area contributed by atoms with E-state index in [1.54, 1.807) is 0 Å². The van der Waals surface area contributed by atoms with Crippen LogP contribution < -0.4 is 10.6 Å². The largest absolute Gasteiger partial charge is 0.327 e. The number of amides is 1. The standard InChI is InChI=1S/C20H32N2O/c1-4-7-8-18(21)14-15-9-10-19-17(13-15)11-12-22(19)20(23)16(5-2)6-3/h9-10,13,16,18H,4-8,11-12,14,21H2,1-3H3. The predicted octanol–water partition coefficient (Wildman–Crippen LogP) is 4.07. The van der Waals surface area contributed by atoms with E-state index in [4.69, 9.17) is 5.73 Å². The SMILES string of the molecule is CCCCC(N)Cc1ccc2c(c1)CCN2C(=O)C(CC)CC. The Morgan fingerprint density at radius 2 is 2.00 bits per heavy atom. The quantitative estimate of drug-likeness (QED) is 0.785. The maximum absolute atomic E-state index is 12.7. The number of nitrogens with zero attached hydrogens (tertiary/aromatic N) is 1. The lowest BCUT2D eigenvalue weighted by atomic mass is 9.99. The number of unbranched alkanes of at least 4 members (excludes halogenated alkanes) is 1. The number of carbonyl (C=O) groups excluding carboxylic acids is 1. The summed E-state index contributed by atoms with van der Waals surface area (Å²) in [6.07, 6.45) is 7.24. The van der Waals surface area contributed by atoms with E-state index >= 15 is 0 Å². The minimum Gasteiger partial charge on any atom is -0.327 e. The highest BCUT2D eigenvalue weighted by Crippen LogP contribution is 2.31. The predicted molar refractivity (Wildman–Crippen MR) is 97.8 cm³/mol. The summed E-state index contributed by atoms with van der Waals surface area (Å²) in [6, 6.07) is 6.80. The summed E-state index contributed by atoms with van der Waals surface area (Å²) >= 11 is 0. The number of hydrogen-bond acceptors (Lipinski definition) is 2. The number of hydrogen-bond donors (Lipinski definition) is 1. The van der Waals surface area contributed by atoms with Crippen molar-refractivity contribution in [1.29, 1.82) is 0 Å². The van der Waals surface area contributed by atoms with Gasteiger partial charge in [0.25, 0.3) is 0 Å². The normalized spacial score (nSPS) is 15.1. The molecular formula is C20H32N2O. The van der Waals surface area contributed by atoms with Crippen molar-refractivity contribution in [3.8, 4) is 0 Å². The fraction of sp³-hybridized carbons (Fsp3) is 0.650. The summed E-state index contributed by atoms with van der Waals surface area (Å²) < 4.78 is 0. The smallest absolute Gasteiger partial charge is 0.230 e. The summed E-state index contributed by atoms with van der Waals surface area (Å²) in [6.45, 7) is 7.23. The first-order valence-electron chi connectivity index (χ1n) is 9.29. The number of fused-ring (bicyclic) bond motifs is 1. The van der Waals surface area contributed by atoms with E-state index in [0.29, 0.717) is 5.91 Å². The van der Waals surface area contributed by atoms with Gasteiger partial charge in [-0.15, -0.1) is 0 Å². The van der Waals surface area contributed by atoms with E-state index in [9.17, 15) is 4.79 Å². The third kappa shape index (κ3) is 4.35. The molecule has 1 atom stereocenters. The lowest BCUT2D eigenvalue weighted by Gasteiger charge is -2.22. The zero-order valence-corrected chi connectivity index (χ0v) is 15.0. The van der Waals surface area contributed by atoms with Gasteiger partial charge < -0.3 is 10.6 Å². The van der Waals surface area contributed by atoms with Crippen molar-refractivity contribution in [2.24, 2.45) is 11.7 Å². The van der Waals surface area contributed by atoms with E-state index in [-0.39, 0.29) is 12.0 Å². The Bertz CT molecular complexity index is 522. The molecule has 0 saturated heterocycles. The molecule has 0 aromatic heterocycles. The van der Waals surface area contributed by atoms with Crippen LogP contribution in [-0.2, 0) is 17.6 Å². The topological polar surface area (TPSA) is 46.3 Å². The lowest BCUT2D eigenvalue weighted by molar-refractivity contribution is -0.122. The Labute approximate surface area is 141 Å². The van der Waals surface area contributed by atoms with Crippen molar-refractivity contribution >= 4 is 11.6 Å². The van der Waals surface area contributed by atoms with Gasteiger partial charge in [-0.2, -0.15) is 0 Å². The van der Waals surface area contributed by atoms with Crippen LogP contribution in [0.2, 0.25) is 0 Å². The molecule has 2 N–H and O–H groups in total. The molecule has 23 heavy (non-hydrogen) atoms. The van der Waals surface area contributed by atoms with Crippen LogP contribution in [0.4, 0.5) is 5.69 Å². The zero-order chi connectivity index (χ0) is 16.8. The average molecular weight is 316 g/mol. The van der Waals surface area contributed by atoms with E-state index in [0.717, 1.165) is 44.3 Å². The Balaban J connectivity index is 2.06. The number of benzene rings is 1. The molecule has 2 rings (SSSR count). The second-order valence-electron chi connectivity index (χ2n) is 6.82. The second-order valence-corrected chi connectivity index (χ2v) is 6.82. The zero-order valence-electron chi connectivity index (χ0n) is 15.0. The van der Waals surface area contributed by atoms with Crippen LogP contribution in [0.25, 0.3) is 0 Å². The van der Waals surface area contributed by atoms with Crippen molar-refractivity contribution in [2.45, 2.75) is 71.8 Å². The number of anilines is 1. The van der Waals surface area contributed by atoms with Gasteiger partial charge >= 0.3 is 0 Å². The molecule has 1 aliphatic rings. The van der Waals surface area contributed by atoms with E-state index < -0.39 is 0 Å². The Morgan fingerprint density at radius 3 is 2.65 bits per heavy atom. The highest BCUT2D eigenvalue weighted by atomic mass is 16.2. The van der Waals surface area contributed by atoms with Gasteiger partial charge in [-0.25, -0.2) is 0 Å². The van der Waals surface area contributed by atoms with E-state index in [1.165, 1.54) is 24.0 Å². The monoisotopic (exact) mass is 316 g/mol. The molecule has 0 bridgehead atoms. The van der Waals surface area contributed by atoms with Gasteiger partial charge in [0.15, 0.2) is 0 Å². The van der Waals surface area contributed by atoms with Gasteiger partial charge in [-0.3, -0.25) is 4.79 Å². The molecule has 0 saturated carbocycles. The van der Waals surface area contributed by atoms with Crippen LogP contribution in [0.5, 0.6) is 0 Å². The summed E-state index contributed by atoms with van der Waals surface area (Å²) in [5, 5.41) is 0. The highest BCUT2D eigenvalue weighted by Gasteiger charge is 2.28. The van der Waals surface area contributed by atoms with Crippen LogP contribution in [0.15, 0.2) is 18.2 Å². The van der Waals surface area contributed by atoms with Gasteiger partial charge in [0.2, 0.25) is 5.91 Å². The first-order valence-corrected chi connectivity index (χ1v) is 9.29. The van der Waals surface area contributed by atoms with Crippen LogP contribution in [0.1, 0.15) is 64.0 Å². The number of carbonyl (C=O) groups is 1. The average Bonchev–Trinajstić information content (AvgIpc) is 2.97. The van der Waals surface area contributed by atoms with Crippen LogP contribution in [0, 0.1) is 5.92 Å². The molecular weight excluding hydrogens is 284 g/mol. The van der Waals surface area contributed by atoms with Crippen molar-refractivity contribution < 1.29 is 4.79 Å². The first kappa shape index (κ1) is 18.0. The van der Waals surface area contributed by atoms with Crippen molar-refractivity contribution in [1.82, 2.24) is 0 Å². The molecule has 1 aromatic carbocycles. The van der Waals surface area contributed by atoms with Crippen molar-refractivity contribution in [3.05, 3.63) is 29.3 Å². The van der Waals surface area contributed by atoms with E-state index in [1.807, 2.05) is 4.90 Å². The fourth-order valence-electron chi connectivity index (χ4n) is 3.54. The minimum atomic E-state index is 0.156. The molecule has 0 spiro atoms. The van der Waals surface area contributed by atoms with Crippen LogP contribution >= 0.6 is 0 Å². The van der Waals surface area contributed by atoms with Crippen LogP contribution in [-0.4, -0.2) is 18.5 Å². The Kier molecular flexibility index (Phi) is 6.64. The molecule has 0 radical (unpaired) electrons. The molecule has 1 unspecified atom stereocenters. The fourth-order valence-corrected chi connectivity index (χ4v) is 3.54. The van der Waals surface area contributed by atoms with Crippen molar-refractivity contribution in [3.63, 3.8) is 0 Å². The molecule has 1 heterocycles. The second kappa shape index (κ2) is 8.49. The first-order chi connectivity index (χ1) is 11.1. The number of rotatable bonds is 8. The minimum absolute atomic E-state index is 0.156. The Morgan fingerprint density at radius 1 is 1.26 bits per heavy atom. The molecule has 1 aliphatic heterocycles.